The molecule has 0 N–H and O–H groups in total. The Kier molecular flexibility index (Phi) is 3.16. The Morgan fingerprint density at radius 3 is 1.94 bits per heavy atom. The van der Waals surface area contributed by atoms with Gasteiger partial charge in [-0.05, 0) is 17.4 Å². The molecule has 1 heterocycles. The topological polar surface area (TPSA) is 12.9 Å². The Hall–Kier alpha value is -1.98. The Balaban J connectivity index is 2.18. The molecular formula is C16H12NP. The molecule has 0 spiro atoms. The van der Waals surface area contributed by atoms with Gasteiger partial charge >= 0.3 is 0 Å². The molecule has 0 bridgehead atoms. The van der Waals surface area contributed by atoms with Crippen molar-refractivity contribution in [3.63, 3.8) is 0 Å². The molecule has 2 heteroatoms. The second-order valence-electron chi connectivity index (χ2n) is 4.03. The first kappa shape index (κ1) is 11.1. The van der Waals surface area contributed by atoms with Gasteiger partial charge in [-0.2, -0.15) is 0 Å². The zero-order valence-corrected chi connectivity index (χ0v) is 10.7. The van der Waals surface area contributed by atoms with Gasteiger partial charge in [0.1, 0.15) is 0 Å². The predicted octanol–water partition coefficient (Wildman–Crippen LogP) is 5.00. The summed E-state index contributed by atoms with van der Waals surface area (Å²) in [6.45, 7) is 0. The van der Waals surface area contributed by atoms with Crippen LogP contribution in [0.3, 0.4) is 0 Å². The third kappa shape index (κ3) is 2.18. The van der Waals surface area contributed by atoms with E-state index < -0.39 is 0 Å². The highest BCUT2D eigenvalue weighted by Gasteiger charge is 2.07. The van der Waals surface area contributed by atoms with Gasteiger partial charge in [0.15, 0.2) is 0 Å². The van der Waals surface area contributed by atoms with Gasteiger partial charge in [0.25, 0.3) is 0 Å². The molecule has 0 atom stereocenters. The molecule has 0 aliphatic carbocycles. The first-order chi connectivity index (χ1) is 8.95. The molecule has 2 aromatic carbocycles. The quantitative estimate of drug-likeness (QED) is 0.623. The minimum atomic E-state index is 1.00. The van der Waals surface area contributed by atoms with Crippen molar-refractivity contribution in [2.75, 3.05) is 0 Å². The zero-order valence-electron chi connectivity index (χ0n) is 9.82. The van der Waals surface area contributed by atoms with Gasteiger partial charge in [0, 0.05) is 19.5 Å². The van der Waals surface area contributed by atoms with Crippen LogP contribution in [0, 0.1) is 0 Å². The second kappa shape index (κ2) is 5.12. The Morgan fingerprint density at radius 1 is 0.667 bits per heavy atom. The van der Waals surface area contributed by atoms with E-state index in [2.05, 4.69) is 65.1 Å². The monoisotopic (exact) mass is 249 g/mol. The number of rotatable bonds is 2. The van der Waals surface area contributed by atoms with Gasteiger partial charge in [0.2, 0.25) is 0 Å². The number of benzene rings is 2. The number of hydrogen-bond donors (Lipinski definition) is 0. The van der Waals surface area contributed by atoms with Gasteiger partial charge in [-0.3, -0.25) is 0 Å². The molecule has 1 aromatic heterocycles. The van der Waals surface area contributed by atoms with Crippen LogP contribution in [0.5, 0.6) is 0 Å². The SMILES string of the molecule is c1ccc(-c2ccpnc2-c2ccccc2)cc1. The fourth-order valence-corrected chi connectivity index (χ4v) is 2.61. The van der Waals surface area contributed by atoms with Crippen LogP contribution in [0.2, 0.25) is 0 Å². The molecule has 1 nitrogen and oxygen atoms in total. The van der Waals surface area contributed by atoms with E-state index >= 15 is 0 Å². The van der Waals surface area contributed by atoms with E-state index in [-0.39, 0.29) is 0 Å². The first-order valence-corrected chi connectivity index (χ1v) is 6.79. The summed E-state index contributed by atoms with van der Waals surface area (Å²) >= 11 is 0. The Labute approximate surface area is 108 Å². The molecule has 0 fully saturated rings. The molecular weight excluding hydrogens is 237 g/mol. The summed E-state index contributed by atoms with van der Waals surface area (Å²) in [5.41, 5.74) is 4.66. The fraction of sp³-hybridized carbons (Fsp3) is 0. The zero-order chi connectivity index (χ0) is 12.2. The van der Waals surface area contributed by atoms with E-state index in [9.17, 15) is 0 Å². The van der Waals surface area contributed by atoms with Crippen LogP contribution >= 0.6 is 8.35 Å². The summed E-state index contributed by atoms with van der Waals surface area (Å²) < 4.78 is 4.62. The van der Waals surface area contributed by atoms with Crippen LogP contribution in [0.15, 0.2) is 72.5 Å². The fourth-order valence-electron chi connectivity index (χ4n) is 1.99. The maximum absolute atomic E-state index is 4.62. The lowest BCUT2D eigenvalue weighted by Gasteiger charge is -2.08. The third-order valence-corrected chi connectivity index (χ3v) is 3.45. The van der Waals surface area contributed by atoms with Crippen molar-refractivity contribution in [3.05, 3.63) is 72.5 Å². The highest BCUT2D eigenvalue weighted by atomic mass is 31.0. The molecule has 3 aromatic rings. The van der Waals surface area contributed by atoms with Crippen molar-refractivity contribution in [3.8, 4) is 22.4 Å². The number of nitrogens with zero attached hydrogens (tertiary/aromatic N) is 1. The Bertz CT molecular complexity index is 577. The van der Waals surface area contributed by atoms with Crippen molar-refractivity contribution < 1.29 is 0 Å². The molecule has 0 unspecified atom stereocenters. The highest BCUT2D eigenvalue weighted by Crippen LogP contribution is 2.31. The number of hydrogen-bond acceptors (Lipinski definition) is 1. The van der Waals surface area contributed by atoms with Crippen LogP contribution in [-0.4, -0.2) is 4.75 Å². The van der Waals surface area contributed by atoms with E-state index in [1.807, 2.05) is 12.1 Å². The summed E-state index contributed by atoms with van der Waals surface area (Å²) in [6.07, 6.45) is 0. The summed E-state index contributed by atoms with van der Waals surface area (Å²) in [5, 5.41) is 0. The van der Waals surface area contributed by atoms with E-state index in [4.69, 9.17) is 0 Å². The van der Waals surface area contributed by atoms with Crippen LogP contribution in [0.25, 0.3) is 22.4 Å². The second-order valence-corrected chi connectivity index (χ2v) is 4.75. The van der Waals surface area contributed by atoms with Crippen molar-refractivity contribution in [2.45, 2.75) is 0 Å². The molecule has 0 aliphatic heterocycles. The van der Waals surface area contributed by atoms with Gasteiger partial charge in [-0.15, -0.1) is 0 Å². The van der Waals surface area contributed by atoms with Gasteiger partial charge in [-0.25, -0.2) is 4.75 Å². The van der Waals surface area contributed by atoms with E-state index in [0.29, 0.717) is 0 Å². The predicted molar refractivity (Wildman–Crippen MR) is 77.6 cm³/mol. The maximum atomic E-state index is 4.62. The van der Waals surface area contributed by atoms with E-state index in [1.54, 1.807) is 0 Å². The minimum absolute atomic E-state index is 1.00. The summed E-state index contributed by atoms with van der Waals surface area (Å²) in [5.74, 6) is 2.08. The maximum Gasteiger partial charge on any atom is 0.0829 e. The first-order valence-electron chi connectivity index (χ1n) is 5.88. The Morgan fingerprint density at radius 2 is 1.28 bits per heavy atom. The van der Waals surface area contributed by atoms with Crippen molar-refractivity contribution in [1.82, 2.24) is 4.75 Å². The smallest absolute Gasteiger partial charge is 0.0829 e. The molecule has 18 heavy (non-hydrogen) atoms. The van der Waals surface area contributed by atoms with Gasteiger partial charge in [0.05, 0.1) is 5.69 Å². The normalized spacial score (nSPS) is 10.7. The lowest BCUT2D eigenvalue weighted by atomic mass is 10.0. The lowest BCUT2D eigenvalue weighted by Crippen LogP contribution is -1.85. The molecule has 0 aliphatic rings. The van der Waals surface area contributed by atoms with E-state index in [0.717, 1.165) is 14.0 Å². The highest BCUT2D eigenvalue weighted by molar-refractivity contribution is 7.24. The van der Waals surface area contributed by atoms with Crippen molar-refractivity contribution in [2.24, 2.45) is 0 Å². The van der Waals surface area contributed by atoms with Gasteiger partial charge < -0.3 is 0 Å². The molecule has 0 radical (unpaired) electrons. The summed E-state index contributed by atoms with van der Waals surface area (Å²) in [6, 6.07) is 22.9. The molecule has 0 saturated heterocycles. The van der Waals surface area contributed by atoms with Crippen LogP contribution in [-0.2, 0) is 0 Å². The molecule has 3 rings (SSSR count). The van der Waals surface area contributed by atoms with Crippen LogP contribution in [0.1, 0.15) is 0 Å². The average molecular weight is 249 g/mol. The van der Waals surface area contributed by atoms with Crippen LogP contribution in [0.4, 0.5) is 0 Å². The van der Waals surface area contributed by atoms with Gasteiger partial charge in [-0.1, -0.05) is 60.7 Å². The van der Waals surface area contributed by atoms with Crippen molar-refractivity contribution in [1.29, 1.82) is 0 Å². The summed E-state index contributed by atoms with van der Waals surface area (Å²) in [7, 11) is 1.00. The third-order valence-electron chi connectivity index (χ3n) is 2.85. The molecule has 86 valence electrons. The largest absolute Gasteiger partial charge is 0.227 e. The molecule has 0 saturated carbocycles. The lowest BCUT2D eigenvalue weighted by molar-refractivity contribution is 1.48. The standard InChI is InChI=1S/C16H12NP/c1-3-7-13(8-4-1)15-11-12-18-17-16(15)14-9-5-2-6-10-14/h1-12H. The number of aromatic nitrogens is 1. The van der Waals surface area contributed by atoms with Crippen LogP contribution < -0.4 is 0 Å². The minimum Gasteiger partial charge on any atom is -0.227 e. The molecule has 0 amide bonds. The summed E-state index contributed by atoms with van der Waals surface area (Å²) in [4.78, 5) is 0. The van der Waals surface area contributed by atoms with Crippen molar-refractivity contribution >= 4 is 8.35 Å². The average Bonchev–Trinajstić information content (AvgIpc) is 2.49. The van der Waals surface area contributed by atoms with E-state index in [1.165, 1.54) is 16.7 Å².